The molecule has 0 fully saturated rings. The summed E-state index contributed by atoms with van der Waals surface area (Å²) >= 11 is 0. The molecule has 0 spiro atoms. The summed E-state index contributed by atoms with van der Waals surface area (Å²) in [5.74, 6) is 0.0295. The Morgan fingerprint density at radius 1 is 1.15 bits per heavy atom. The van der Waals surface area contributed by atoms with Crippen molar-refractivity contribution < 1.29 is 19.1 Å². The number of aryl methyl sites for hydroxylation is 2. The zero-order chi connectivity index (χ0) is 19.4. The van der Waals surface area contributed by atoms with Crippen LogP contribution in [0, 0.1) is 6.92 Å². The molecular weight excluding hydrogens is 346 g/mol. The molecule has 3 amide bonds. The van der Waals surface area contributed by atoms with Crippen molar-refractivity contribution in [2.45, 2.75) is 19.8 Å². The molecule has 0 aliphatic carbocycles. The van der Waals surface area contributed by atoms with Crippen LogP contribution < -0.4 is 20.7 Å². The highest BCUT2D eigenvalue weighted by Crippen LogP contribution is 2.26. The Labute approximate surface area is 157 Å². The van der Waals surface area contributed by atoms with Gasteiger partial charge < -0.3 is 20.7 Å². The number of anilines is 2. The maximum Gasteiger partial charge on any atom is 0.262 e. The Morgan fingerprint density at radius 2 is 1.96 bits per heavy atom. The Bertz CT molecular complexity index is 908. The second kappa shape index (κ2) is 7.90. The van der Waals surface area contributed by atoms with Gasteiger partial charge in [-0.2, -0.15) is 0 Å². The Balaban J connectivity index is 1.62. The average molecular weight is 367 g/mol. The van der Waals surface area contributed by atoms with E-state index in [2.05, 4.69) is 16.0 Å². The molecule has 1 aliphatic heterocycles. The van der Waals surface area contributed by atoms with Crippen LogP contribution in [0.5, 0.6) is 5.75 Å². The normalized spacial score (nSPS) is 12.6. The van der Waals surface area contributed by atoms with E-state index in [-0.39, 0.29) is 24.3 Å². The molecule has 3 rings (SSSR count). The lowest BCUT2D eigenvalue weighted by molar-refractivity contribution is -0.118. The Hall–Kier alpha value is -3.35. The van der Waals surface area contributed by atoms with E-state index < -0.39 is 0 Å². The molecule has 1 aliphatic rings. The molecule has 2 aromatic carbocycles. The first-order chi connectivity index (χ1) is 13.0. The third-order valence-electron chi connectivity index (χ3n) is 4.34. The summed E-state index contributed by atoms with van der Waals surface area (Å²) in [6, 6.07) is 10.4. The molecule has 0 aromatic heterocycles. The molecule has 0 atom stereocenters. The van der Waals surface area contributed by atoms with Crippen molar-refractivity contribution in [3.8, 4) is 5.75 Å². The number of carbonyl (C=O) groups excluding carboxylic acids is 3. The number of amides is 3. The van der Waals surface area contributed by atoms with Crippen molar-refractivity contribution in [1.29, 1.82) is 0 Å². The smallest absolute Gasteiger partial charge is 0.262 e. The van der Waals surface area contributed by atoms with Gasteiger partial charge >= 0.3 is 0 Å². The SMILES string of the molecule is CNC(=O)c1ccc(C)c(NC(=O)COc2ccc3c(c2)CCC(=O)N3)c1. The van der Waals surface area contributed by atoms with E-state index in [4.69, 9.17) is 4.74 Å². The van der Waals surface area contributed by atoms with Gasteiger partial charge in [0.2, 0.25) is 5.91 Å². The van der Waals surface area contributed by atoms with Gasteiger partial charge in [-0.15, -0.1) is 0 Å². The standard InChI is InChI=1S/C20H21N3O4/c1-12-3-4-14(20(26)21-2)10-17(12)23-19(25)11-27-15-6-7-16-13(9-15)5-8-18(24)22-16/h3-4,6-7,9-10H,5,8,11H2,1-2H3,(H,21,26)(H,22,24)(H,23,25). The molecule has 0 saturated carbocycles. The van der Waals surface area contributed by atoms with E-state index in [1.165, 1.54) is 0 Å². The molecule has 140 valence electrons. The predicted octanol–water partition coefficient (Wildman–Crippen LogP) is 2.26. The highest BCUT2D eigenvalue weighted by Gasteiger charge is 2.15. The van der Waals surface area contributed by atoms with Crippen LogP contribution in [0.4, 0.5) is 11.4 Å². The molecule has 0 bridgehead atoms. The fraction of sp³-hybridized carbons (Fsp3) is 0.250. The monoisotopic (exact) mass is 367 g/mol. The van der Waals surface area contributed by atoms with Crippen molar-refractivity contribution in [3.05, 3.63) is 53.1 Å². The van der Waals surface area contributed by atoms with Crippen LogP contribution in [-0.4, -0.2) is 31.4 Å². The van der Waals surface area contributed by atoms with Crippen LogP contribution in [0.1, 0.15) is 27.9 Å². The van der Waals surface area contributed by atoms with Gasteiger partial charge in [0, 0.05) is 30.4 Å². The van der Waals surface area contributed by atoms with Gasteiger partial charge in [0.1, 0.15) is 5.75 Å². The van der Waals surface area contributed by atoms with Crippen LogP contribution in [0.15, 0.2) is 36.4 Å². The molecule has 0 radical (unpaired) electrons. The van der Waals surface area contributed by atoms with E-state index in [1.807, 2.05) is 13.0 Å². The molecular formula is C20H21N3O4. The number of rotatable bonds is 5. The summed E-state index contributed by atoms with van der Waals surface area (Å²) in [5.41, 5.74) is 3.65. The number of nitrogens with one attached hydrogen (secondary N) is 3. The number of benzene rings is 2. The quantitative estimate of drug-likeness (QED) is 0.755. The minimum atomic E-state index is -0.321. The van der Waals surface area contributed by atoms with Crippen molar-refractivity contribution in [2.24, 2.45) is 0 Å². The third kappa shape index (κ3) is 4.44. The van der Waals surface area contributed by atoms with Crippen molar-refractivity contribution >= 4 is 29.1 Å². The van der Waals surface area contributed by atoms with E-state index in [0.29, 0.717) is 29.8 Å². The minimum absolute atomic E-state index is 0.00454. The maximum atomic E-state index is 12.2. The van der Waals surface area contributed by atoms with Crippen LogP contribution >= 0.6 is 0 Å². The first kappa shape index (κ1) is 18.4. The molecule has 2 aromatic rings. The van der Waals surface area contributed by atoms with Crippen molar-refractivity contribution in [2.75, 3.05) is 24.3 Å². The Kier molecular flexibility index (Phi) is 5.40. The zero-order valence-corrected chi connectivity index (χ0v) is 15.2. The lowest BCUT2D eigenvalue weighted by Crippen LogP contribution is -2.22. The molecule has 7 heteroatoms. The van der Waals surface area contributed by atoms with Crippen molar-refractivity contribution in [1.82, 2.24) is 5.32 Å². The number of fused-ring (bicyclic) bond motifs is 1. The molecule has 0 unspecified atom stereocenters. The number of hydrogen-bond donors (Lipinski definition) is 3. The minimum Gasteiger partial charge on any atom is -0.484 e. The van der Waals surface area contributed by atoms with Crippen molar-refractivity contribution in [3.63, 3.8) is 0 Å². The van der Waals surface area contributed by atoms with Crippen LogP contribution in [-0.2, 0) is 16.0 Å². The van der Waals surface area contributed by atoms with E-state index in [0.717, 1.165) is 16.8 Å². The van der Waals surface area contributed by atoms with Gasteiger partial charge in [-0.3, -0.25) is 14.4 Å². The molecule has 0 saturated heterocycles. The fourth-order valence-corrected chi connectivity index (χ4v) is 2.83. The summed E-state index contributed by atoms with van der Waals surface area (Å²) in [7, 11) is 1.55. The van der Waals surface area contributed by atoms with Crippen LogP contribution in [0.2, 0.25) is 0 Å². The molecule has 27 heavy (non-hydrogen) atoms. The van der Waals surface area contributed by atoms with E-state index in [1.54, 1.807) is 37.4 Å². The topological polar surface area (TPSA) is 96.5 Å². The third-order valence-corrected chi connectivity index (χ3v) is 4.34. The largest absolute Gasteiger partial charge is 0.484 e. The van der Waals surface area contributed by atoms with E-state index in [9.17, 15) is 14.4 Å². The van der Waals surface area contributed by atoms with Gasteiger partial charge in [-0.25, -0.2) is 0 Å². The first-order valence-electron chi connectivity index (χ1n) is 8.64. The highest BCUT2D eigenvalue weighted by atomic mass is 16.5. The average Bonchev–Trinajstić information content (AvgIpc) is 2.67. The summed E-state index contributed by atoms with van der Waals surface area (Å²) in [6.07, 6.45) is 1.09. The summed E-state index contributed by atoms with van der Waals surface area (Å²) in [4.78, 5) is 35.4. The Morgan fingerprint density at radius 3 is 2.74 bits per heavy atom. The number of carbonyl (C=O) groups is 3. The molecule has 3 N–H and O–H groups in total. The van der Waals surface area contributed by atoms with Gasteiger partial charge in [0.05, 0.1) is 0 Å². The first-order valence-corrected chi connectivity index (χ1v) is 8.64. The van der Waals surface area contributed by atoms with Gasteiger partial charge in [-0.1, -0.05) is 6.07 Å². The predicted molar refractivity (Wildman–Crippen MR) is 102 cm³/mol. The molecule has 1 heterocycles. The second-order valence-corrected chi connectivity index (χ2v) is 6.31. The van der Waals surface area contributed by atoms with Gasteiger partial charge in [0.15, 0.2) is 6.61 Å². The van der Waals surface area contributed by atoms with Gasteiger partial charge in [0.25, 0.3) is 11.8 Å². The lowest BCUT2D eigenvalue weighted by Gasteiger charge is -2.17. The summed E-state index contributed by atoms with van der Waals surface area (Å²) in [5, 5.41) is 8.12. The maximum absolute atomic E-state index is 12.2. The highest BCUT2D eigenvalue weighted by molar-refractivity contribution is 5.98. The number of ether oxygens (including phenoxy) is 1. The summed E-state index contributed by atoms with van der Waals surface area (Å²) < 4.78 is 5.57. The van der Waals surface area contributed by atoms with E-state index >= 15 is 0 Å². The molecule has 7 nitrogen and oxygen atoms in total. The lowest BCUT2D eigenvalue weighted by atomic mass is 10.0. The zero-order valence-electron chi connectivity index (χ0n) is 15.2. The second-order valence-electron chi connectivity index (χ2n) is 6.31. The fourth-order valence-electron chi connectivity index (χ4n) is 2.83. The van der Waals surface area contributed by atoms with Gasteiger partial charge in [-0.05, 0) is 54.8 Å². The van der Waals surface area contributed by atoms with Crippen LogP contribution in [0.3, 0.4) is 0 Å². The van der Waals surface area contributed by atoms with Crippen LogP contribution in [0.25, 0.3) is 0 Å². The number of hydrogen-bond acceptors (Lipinski definition) is 4. The summed E-state index contributed by atoms with van der Waals surface area (Å²) in [6.45, 7) is 1.69.